The van der Waals surface area contributed by atoms with Crippen molar-refractivity contribution in [1.29, 1.82) is 0 Å². The molecule has 0 aromatic heterocycles. The van der Waals surface area contributed by atoms with Gasteiger partial charge in [-0.1, -0.05) is 0 Å². The van der Waals surface area contributed by atoms with Gasteiger partial charge in [-0.05, 0) is 6.92 Å². The molecule has 0 heterocycles. The van der Waals surface area contributed by atoms with Crippen LogP contribution in [0.25, 0.3) is 0 Å². The first-order valence-corrected chi connectivity index (χ1v) is 4.98. The molecule has 13 heteroatoms. The topological polar surface area (TPSA) is 26.3 Å². The zero-order chi connectivity index (χ0) is 18.1. The van der Waals surface area contributed by atoms with Crippen LogP contribution in [-0.2, 0) is 9.53 Å². The van der Waals surface area contributed by atoms with E-state index in [4.69, 9.17) is 0 Å². The second-order valence-electron chi connectivity index (χ2n) is 3.57. The number of rotatable bonds is 5. The van der Waals surface area contributed by atoms with Gasteiger partial charge in [0.15, 0.2) is 0 Å². The lowest BCUT2D eigenvalue weighted by molar-refractivity contribution is -0.391. The van der Waals surface area contributed by atoms with Gasteiger partial charge in [-0.3, -0.25) is 0 Å². The van der Waals surface area contributed by atoms with E-state index in [-0.39, 0.29) is 0 Å². The Kier molecular flexibility index (Phi) is 5.49. The van der Waals surface area contributed by atoms with Crippen molar-refractivity contribution in [2.45, 2.75) is 30.9 Å². The highest BCUT2D eigenvalue weighted by molar-refractivity contribution is 5.86. The highest BCUT2D eigenvalue weighted by Crippen LogP contribution is 2.55. The van der Waals surface area contributed by atoms with E-state index in [1.165, 1.54) is 0 Å². The molecule has 0 bridgehead atoms. The molecule has 0 aromatic rings. The van der Waals surface area contributed by atoms with Crippen molar-refractivity contribution in [3.8, 4) is 0 Å². The maximum absolute atomic E-state index is 12.9. The molecule has 0 spiro atoms. The maximum Gasteiger partial charge on any atom is 0.460 e. The molecule has 0 saturated heterocycles. The number of carbonyl (C=O) groups is 1. The number of esters is 1. The van der Waals surface area contributed by atoms with Gasteiger partial charge in [0.05, 0.1) is 6.61 Å². The summed E-state index contributed by atoms with van der Waals surface area (Å²) in [6.07, 6.45) is -7.19. The molecule has 0 fully saturated rings. The number of hydrogen-bond donors (Lipinski definition) is 0. The van der Waals surface area contributed by atoms with Crippen molar-refractivity contribution in [3.63, 3.8) is 0 Å². The van der Waals surface area contributed by atoms with E-state index in [1.807, 2.05) is 0 Å². The third-order valence-electron chi connectivity index (χ3n) is 2.07. The Morgan fingerprint density at radius 3 is 1.59 bits per heavy atom. The highest BCUT2D eigenvalue weighted by atomic mass is 19.4. The molecule has 0 atom stereocenters. The van der Waals surface area contributed by atoms with Crippen molar-refractivity contribution in [2.24, 2.45) is 0 Å². The van der Waals surface area contributed by atoms with Gasteiger partial charge < -0.3 is 4.74 Å². The van der Waals surface area contributed by atoms with Crippen molar-refractivity contribution in [2.75, 3.05) is 6.61 Å². The standard InChI is InChI=1S/C9H5F11O2/c1-2-22-5(21)3(10)4(11)6(12,13)7(14,15)8(16,17)9(18,19)20/h2H2,1H3/b4-3+. The van der Waals surface area contributed by atoms with E-state index in [1.54, 1.807) is 0 Å². The maximum atomic E-state index is 12.9. The van der Waals surface area contributed by atoms with Gasteiger partial charge in [-0.25, -0.2) is 9.18 Å². The summed E-state index contributed by atoms with van der Waals surface area (Å²) in [5.74, 6) is -31.8. The van der Waals surface area contributed by atoms with Crippen molar-refractivity contribution >= 4 is 5.97 Å². The van der Waals surface area contributed by atoms with Crippen LogP contribution < -0.4 is 0 Å². The number of carbonyl (C=O) groups excluding carboxylic acids is 1. The lowest BCUT2D eigenvalue weighted by Crippen LogP contribution is -2.61. The minimum absolute atomic E-state index is 0.750. The lowest BCUT2D eigenvalue weighted by Gasteiger charge is -2.32. The van der Waals surface area contributed by atoms with Gasteiger partial charge in [0, 0.05) is 0 Å². The van der Waals surface area contributed by atoms with E-state index in [2.05, 4.69) is 4.74 Å². The predicted octanol–water partition coefficient (Wildman–Crippen LogP) is 4.17. The third-order valence-corrected chi connectivity index (χ3v) is 2.07. The molecule has 0 N–H and O–H groups in total. The van der Waals surface area contributed by atoms with Gasteiger partial charge in [-0.15, -0.1) is 0 Å². The molecule has 22 heavy (non-hydrogen) atoms. The number of halogens is 11. The summed E-state index contributed by atoms with van der Waals surface area (Å²) >= 11 is 0. The molecule has 2 nitrogen and oxygen atoms in total. The molecule has 0 radical (unpaired) electrons. The SMILES string of the molecule is CCOC(=O)/C(F)=C(\F)C(F)(F)C(F)(F)C(F)(F)C(F)(F)F. The predicted molar refractivity (Wildman–Crippen MR) is 46.8 cm³/mol. The quantitative estimate of drug-likeness (QED) is 0.421. The first-order valence-electron chi connectivity index (χ1n) is 4.98. The fraction of sp³-hybridized carbons (Fsp3) is 0.667. The molecule has 0 aliphatic heterocycles. The molecule has 0 saturated carbocycles. The van der Waals surface area contributed by atoms with Gasteiger partial charge >= 0.3 is 29.9 Å². The molecular formula is C9H5F11O2. The Labute approximate surface area is 114 Å². The minimum Gasteiger partial charge on any atom is -0.461 e. The van der Waals surface area contributed by atoms with Crippen LogP contribution in [0.5, 0.6) is 0 Å². The van der Waals surface area contributed by atoms with Crippen molar-refractivity contribution in [1.82, 2.24) is 0 Å². The Balaban J connectivity index is 6.01. The number of ether oxygens (including phenoxy) is 1. The van der Waals surface area contributed by atoms with Gasteiger partial charge in [-0.2, -0.15) is 43.9 Å². The molecule has 130 valence electrons. The van der Waals surface area contributed by atoms with Crippen LogP contribution in [0.15, 0.2) is 11.7 Å². The number of alkyl halides is 9. The molecule has 0 aromatic carbocycles. The van der Waals surface area contributed by atoms with Crippen LogP contribution in [-0.4, -0.2) is 36.5 Å². The van der Waals surface area contributed by atoms with Crippen LogP contribution >= 0.6 is 0 Å². The summed E-state index contributed by atoms with van der Waals surface area (Å²) in [4.78, 5) is 10.5. The summed E-state index contributed by atoms with van der Waals surface area (Å²) in [6.45, 7) is 0.202. The second-order valence-corrected chi connectivity index (χ2v) is 3.57. The first-order chi connectivity index (χ1) is 9.55. The summed E-state index contributed by atoms with van der Waals surface area (Å²) < 4.78 is 140. The number of allylic oxidation sites excluding steroid dienone is 1. The fourth-order valence-corrected chi connectivity index (χ4v) is 0.935. The second kappa shape index (κ2) is 5.91. The average molecular weight is 354 g/mol. The Hall–Kier alpha value is -1.56. The molecular weight excluding hydrogens is 349 g/mol. The van der Waals surface area contributed by atoms with E-state index >= 15 is 0 Å². The lowest BCUT2D eigenvalue weighted by atomic mass is 10.0. The zero-order valence-electron chi connectivity index (χ0n) is 10.2. The van der Waals surface area contributed by atoms with Crippen LogP contribution in [0, 0.1) is 0 Å². The van der Waals surface area contributed by atoms with Gasteiger partial charge in [0.25, 0.3) is 0 Å². The Morgan fingerprint density at radius 2 is 1.27 bits per heavy atom. The number of hydrogen-bond acceptors (Lipinski definition) is 2. The normalized spacial score (nSPS) is 15.5. The smallest absolute Gasteiger partial charge is 0.460 e. The van der Waals surface area contributed by atoms with Crippen LogP contribution in [0.4, 0.5) is 48.3 Å². The average Bonchev–Trinajstić information content (AvgIpc) is 2.35. The molecule has 0 aliphatic rings. The third kappa shape index (κ3) is 3.11. The zero-order valence-corrected chi connectivity index (χ0v) is 10.2. The molecule has 0 aliphatic carbocycles. The van der Waals surface area contributed by atoms with E-state index in [0.29, 0.717) is 0 Å². The Bertz CT molecular complexity index is 463. The monoisotopic (exact) mass is 354 g/mol. The minimum atomic E-state index is -7.41. The van der Waals surface area contributed by atoms with Crippen molar-refractivity contribution < 1.29 is 57.8 Å². The van der Waals surface area contributed by atoms with E-state index in [0.717, 1.165) is 6.92 Å². The van der Waals surface area contributed by atoms with Crippen LogP contribution in [0.3, 0.4) is 0 Å². The van der Waals surface area contributed by atoms with Crippen LogP contribution in [0.1, 0.15) is 6.92 Å². The fourth-order valence-electron chi connectivity index (χ4n) is 0.935. The molecule has 0 rings (SSSR count). The summed E-state index contributed by atoms with van der Waals surface area (Å²) in [6, 6.07) is 0. The Morgan fingerprint density at radius 1 is 0.864 bits per heavy atom. The van der Waals surface area contributed by atoms with E-state index in [9.17, 15) is 53.1 Å². The van der Waals surface area contributed by atoms with Gasteiger partial charge in [0.2, 0.25) is 11.7 Å². The molecule has 0 unspecified atom stereocenters. The summed E-state index contributed by atoms with van der Waals surface area (Å²) in [7, 11) is 0. The summed E-state index contributed by atoms with van der Waals surface area (Å²) in [5, 5.41) is 0. The van der Waals surface area contributed by atoms with Gasteiger partial charge in [0.1, 0.15) is 0 Å². The highest BCUT2D eigenvalue weighted by Gasteiger charge is 2.83. The summed E-state index contributed by atoms with van der Waals surface area (Å²) in [5.41, 5.74) is 0. The van der Waals surface area contributed by atoms with Crippen molar-refractivity contribution in [3.05, 3.63) is 11.7 Å². The largest absolute Gasteiger partial charge is 0.461 e. The van der Waals surface area contributed by atoms with Crippen LogP contribution in [0.2, 0.25) is 0 Å². The first kappa shape index (κ1) is 20.4. The molecule has 0 amide bonds. The van der Waals surface area contributed by atoms with E-state index < -0.39 is 48.2 Å².